The first-order valence-electron chi connectivity index (χ1n) is 6.22. The molecule has 0 aliphatic carbocycles. The second-order valence-electron chi connectivity index (χ2n) is 4.40. The summed E-state index contributed by atoms with van der Waals surface area (Å²) in [5, 5.41) is 11.1. The number of nitrogens with zero attached hydrogens (tertiary/aromatic N) is 4. The summed E-state index contributed by atoms with van der Waals surface area (Å²) < 4.78 is 39.3. The third-order valence-corrected chi connectivity index (χ3v) is 2.75. The van der Waals surface area contributed by atoms with E-state index in [0.717, 1.165) is 16.9 Å². The lowest BCUT2D eigenvalue weighted by Crippen LogP contribution is -2.06. The summed E-state index contributed by atoms with van der Waals surface area (Å²) >= 11 is 0. The molecule has 0 bridgehead atoms. The quantitative estimate of drug-likeness (QED) is 0.849. The van der Waals surface area contributed by atoms with Crippen LogP contribution in [0.2, 0.25) is 0 Å². The van der Waals surface area contributed by atoms with E-state index in [4.69, 9.17) is 0 Å². The van der Waals surface area contributed by atoms with E-state index < -0.39 is 19.6 Å². The summed E-state index contributed by atoms with van der Waals surface area (Å²) in [5.74, 6) is 0. The Kier molecular flexibility index (Phi) is 4.65. The van der Waals surface area contributed by atoms with Crippen molar-refractivity contribution >= 4 is 5.69 Å². The van der Waals surface area contributed by atoms with E-state index in [-0.39, 0.29) is 6.54 Å². The number of anilines is 1. The average Bonchev–Trinajstić information content (AvgIpc) is 2.94. The van der Waals surface area contributed by atoms with E-state index in [1.165, 1.54) is 15.6 Å². The molecule has 0 fully saturated rings. The Balaban J connectivity index is 1.93. The van der Waals surface area contributed by atoms with Crippen molar-refractivity contribution in [2.75, 3.05) is 12.0 Å². The number of alkyl halides is 3. The van der Waals surface area contributed by atoms with Crippen molar-refractivity contribution in [2.24, 2.45) is 0 Å². The van der Waals surface area contributed by atoms with Crippen LogP contribution in [0.5, 0.6) is 0 Å². The highest BCUT2D eigenvalue weighted by Crippen LogP contribution is 2.14. The van der Waals surface area contributed by atoms with Crippen molar-refractivity contribution < 1.29 is 13.2 Å². The van der Waals surface area contributed by atoms with Crippen LogP contribution in [0.15, 0.2) is 18.6 Å². The molecule has 0 radical (unpaired) electrons. The highest BCUT2D eigenvalue weighted by atomic mass is 19.3. The lowest BCUT2D eigenvalue weighted by molar-refractivity contribution is 0.122. The number of hydrogen-bond acceptors (Lipinski definition) is 3. The zero-order chi connectivity index (χ0) is 14.5. The first-order chi connectivity index (χ1) is 9.58. The Labute approximate surface area is 114 Å². The number of rotatable bonds is 7. The van der Waals surface area contributed by atoms with Gasteiger partial charge < -0.3 is 5.32 Å². The molecule has 1 N–H and O–H groups in total. The Hall–Kier alpha value is -1.99. The van der Waals surface area contributed by atoms with Crippen molar-refractivity contribution in [1.29, 1.82) is 0 Å². The van der Waals surface area contributed by atoms with Gasteiger partial charge in [0, 0.05) is 24.5 Å². The van der Waals surface area contributed by atoms with Gasteiger partial charge in [-0.1, -0.05) is 0 Å². The molecule has 2 heterocycles. The molecular weight excluding hydrogens is 271 g/mol. The van der Waals surface area contributed by atoms with E-state index in [1.54, 1.807) is 12.4 Å². The predicted molar refractivity (Wildman–Crippen MR) is 68.5 cm³/mol. The van der Waals surface area contributed by atoms with Crippen LogP contribution >= 0.6 is 0 Å². The zero-order valence-electron chi connectivity index (χ0n) is 11.1. The van der Waals surface area contributed by atoms with E-state index in [2.05, 4.69) is 15.5 Å². The van der Waals surface area contributed by atoms with Crippen LogP contribution < -0.4 is 5.32 Å². The van der Waals surface area contributed by atoms with Crippen LogP contribution in [0.3, 0.4) is 0 Å². The zero-order valence-corrected chi connectivity index (χ0v) is 11.1. The molecule has 0 saturated heterocycles. The summed E-state index contributed by atoms with van der Waals surface area (Å²) in [6.45, 7) is 1.60. The van der Waals surface area contributed by atoms with Gasteiger partial charge >= 0.3 is 0 Å². The smallest absolute Gasteiger partial charge is 0.257 e. The van der Waals surface area contributed by atoms with Crippen LogP contribution in [0, 0.1) is 6.92 Å². The standard InChI is InChI=1S/C12H16F3N5/c1-9-11(7-19(18-9)3-2-13)16-4-10-5-17-20(6-10)8-12(14)15/h5-7,12,16H,2-4,8H2,1H3. The van der Waals surface area contributed by atoms with E-state index in [9.17, 15) is 13.2 Å². The van der Waals surface area contributed by atoms with Crippen molar-refractivity contribution in [3.05, 3.63) is 29.8 Å². The maximum atomic E-state index is 12.2. The topological polar surface area (TPSA) is 47.7 Å². The Morgan fingerprint density at radius 1 is 1.30 bits per heavy atom. The van der Waals surface area contributed by atoms with Gasteiger partial charge in [-0.2, -0.15) is 10.2 Å². The lowest BCUT2D eigenvalue weighted by atomic mass is 10.3. The van der Waals surface area contributed by atoms with Crippen LogP contribution in [0.1, 0.15) is 11.3 Å². The molecular formula is C12H16F3N5. The molecule has 2 aromatic heterocycles. The van der Waals surface area contributed by atoms with E-state index >= 15 is 0 Å². The fraction of sp³-hybridized carbons (Fsp3) is 0.500. The molecule has 2 aromatic rings. The molecule has 8 heteroatoms. The molecule has 20 heavy (non-hydrogen) atoms. The summed E-state index contributed by atoms with van der Waals surface area (Å²) in [7, 11) is 0. The predicted octanol–water partition coefficient (Wildman–Crippen LogP) is 2.23. The van der Waals surface area contributed by atoms with Gasteiger partial charge in [-0.3, -0.25) is 9.36 Å². The Bertz CT molecular complexity index is 549. The van der Waals surface area contributed by atoms with Gasteiger partial charge in [-0.25, -0.2) is 13.2 Å². The maximum Gasteiger partial charge on any atom is 0.257 e. The minimum Gasteiger partial charge on any atom is -0.378 e. The fourth-order valence-corrected chi connectivity index (χ4v) is 1.83. The molecule has 0 aliphatic rings. The third-order valence-electron chi connectivity index (χ3n) is 2.75. The maximum absolute atomic E-state index is 12.2. The molecule has 0 aliphatic heterocycles. The van der Waals surface area contributed by atoms with Crippen LogP contribution in [0.4, 0.5) is 18.9 Å². The molecule has 2 rings (SSSR count). The first-order valence-corrected chi connectivity index (χ1v) is 6.22. The Morgan fingerprint density at radius 2 is 2.10 bits per heavy atom. The second kappa shape index (κ2) is 6.44. The molecule has 110 valence electrons. The van der Waals surface area contributed by atoms with E-state index in [1.807, 2.05) is 6.92 Å². The van der Waals surface area contributed by atoms with Crippen LogP contribution in [-0.2, 0) is 19.6 Å². The summed E-state index contributed by atoms with van der Waals surface area (Å²) in [4.78, 5) is 0. The van der Waals surface area contributed by atoms with Crippen molar-refractivity contribution in [1.82, 2.24) is 19.6 Å². The number of halogens is 3. The summed E-state index contributed by atoms with van der Waals surface area (Å²) in [6, 6.07) is 0. The van der Waals surface area contributed by atoms with Gasteiger partial charge in [0.2, 0.25) is 0 Å². The molecule has 0 amide bonds. The molecule has 5 nitrogen and oxygen atoms in total. The van der Waals surface area contributed by atoms with Crippen LogP contribution in [-0.4, -0.2) is 32.7 Å². The molecule has 0 saturated carbocycles. The fourth-order valence-electron chi connectivity index (χ4n) is 1.83. The number of hydrogen-bond donors (Lipinski definition) is 1. The van der Waals surface area contributed by atoms with Crippen molar-refractivity contribution in [3.8, 4) is 0 Å². The number of aromatic nitrogens is 4. The summed E-state index contributed by atoms with van der Waals surface area (Å²) in [5.41, 5.74) is 2.35. The average molecular weight is 287 g/mol. The monoisotopic (exact) mass is 287 g/mol. The highest BCUT2D eigenvalue weighted by Gasteiger charge is 2.07. The van der Waals surface area contributed by atoms with Gasteiger partial charge in [0.1, 0.15) is 13.2 Å². The number of nitrogens with one attached hydrogen (secondary N) is 1. The Morgan fingerprint density at radius 3 is 2.80 bits per heavy atom. The van der Waals surface area contributed by atoms with Gasteiger partial charge in [0.25, 0.3) is 6.43 Å². The van der Waals surface area contributed by atoms with Gasteiger partial charge in [0.15, 0.2) is 0 Å². The second-order valence-corrected chi connectivity index (χ2v) is 4.40. The molecule has 0 aromatic carbocycles. The minimum atomic E-state index is -2.42. The SMILES string of the molecule is Cc1nn(CCF)cc1NCc1cnn(CC(F)F)c1. The highest BCUT2D eigenvalue weighted by molar-refractivity contribution is 5.45. The minimum absolute atomic E-state index is 0.217. The lowest BCUT2D eigenvalue weighted by Gasteiger charge is -2.02. The van der Waals surface area contributed by atoms with Gasteiger partial charge in [0.05, 0.1) is 24.1 Å². The van der Waals surface area contributed by atoms with Crippen LogP contribution in [0.25, 0.3) is 0 Å². The van der Waals surface area contributed by atoms with Crippen molar-refractivity contribution in [3.63, 3.8) is 0 Å². The largest absolute Gasteiger partial charge is 0.378 e. The third kappa shape index (κ3) is 3.75. The number of aryl methyl sites for hydroxylation is 2. The molecule has 0 atom stereocenters. The normalized spacial score (nSPS) is 11.2. The molecule has 0 spiro atoms. The van der Waals surface area contributed by atoms with Gasteiger partial charge in [-0.15, -0.1) is 0 Å². The van der Waals surface area contributed by atoms with Crippen molar-refractivity contribution in [2.45, 2.75) is 33.0 Å². The first kappa shape index (κ1) is 14.4. The molecule has 0 unspecified atom stereocenters. The summed E-state index contributed by atoms with van der Waals surface area (Å²) in [6.07, 6.45) is 2.41. The van der Waals surface area contributed by atoms with E-state index in [0.29, 0.717) is 6.54 Å². The van der Waals surface area contributed by atoms with Gasteiger partial charge in [-0.05, 0) is 6.92 Å².